The summed E-state index contributed by atoms with van der Waals surface area (Å²) in [4.78, 5) is 20.8. The minimum absolute atomic E-state index is 0.522. The van der Waals surface area contributed by atoms with Crippen molar-refractivity contribution in [3.63, 3.8) is 0 Å². The van der Waals surface area contributed by atoms with Gasteiger partial charge in [0.05, 0.1) is 47.9 Å². The second kappa shape index (κ2) is 104. The first-order chi connectivity index (χ1) is 46.1. The van der Waals surface area contributed by atoms with E-state index in [0.29, 0.717) is 5.92 Å². The molecule has 0 aliphatic heterocycles. The summed E-state index contributed by atoms with van der Waals surface area (Å²) in [5, 5.41) is 32.2. The molecular formula is C70H135N19O3S6. The van der Waals surface area contributed by atoms with Crippen LogP contribution in [0.25, 0.3) is 0 Å². The third kappa shape index (κ3) is 236. The Hall–Kier alpha value is -6.59. The zero-order valence-electron chi connectivity index (χ0n) is 66.1. The predicted octanol–water partition coefficient (Wildman–Crippen LogP) is 23.8. The fourth-order valence-corrected chi connectivity index (χ4v) is 4.14. The number of H-pyrrole nitrogens is 2. The van der Waals surface area contributed by atoms with Gasteiger partial charge in [0.25, 0.3) is 0 Å². The van der Waals surface area contributed by atoms with E-state index in [2.05, 4.69) is 328 Å². The SMILES string of the molecule is CC(C)C.CC(C)C.CC(C)C.CC(C)C.CC(C)C.CC(C)C.CC(C)C.CC(C)C.CC(C)C.CC(C)C.CC(C)c1cnsn1.c1c[nH]cn1.c1cn[nH]c1.c1cnsc1.c1cocn1.c1cscn1.c1csnn1.c1ncon1.c1ncsn1.c1nnco1.c1nncs1. The number of imidazole rings is 1. The van der Waals surface area contributed by atoms with Crippen LogP contribution in [0.5, 0.6) is 0 Å². The molecule has 22 nitrogen and oxygen atoms in total. The Kier molecular flexibility index (Phi) is 120. The molecule has 0 amide bonds. The van der Waals surface area contributed by atoms with E-state index in [0.717, 1.165) is 64.9 Å². The third-order valence-electron chi connectivity index (χ3n) is 4.24. The van der Waals surface area contributed by atoms with E-state index in [1.54, 1.807) is 89.3 Å². The predicted molar refractivity (Wildman–Crippen MR) is 425 cm³/mol. The van der Waals surface area contributed by atoms with E-state index in [-0.39, 0.29) is 0 Å². The summed E-state index contributed by atoms with van der Waals surface area (Å²) in [5.41, 5.74) is 7.93. The van der Waals surface area contributed by atoms with Gasteiger partial charge in [-0.2, -0.15) is 18.2 Å². The maximum Gasteiger partial charge on any atom is 0.213 e. The van der Waals surface area contributed by atoms with Crippen molar-refractivity contribution in [2.75, 3.05) is 0 Å². The van der Waals surface area contributed by atoms with Crippen molar-refractivity contribution >= 4 is 69.0 Å². The number of oxazole rings is 1. The quantitative estimate of drug-likeness (QED) is 0.154. The summed E-state index contributed by atoms with van der Waals surface area (Å²) in [6.07, 6.45) is 26.7. The number of aromatic nitrogens is 19. The minimum Gasteiger partial charge on any atom is -0.452 e. The molecule has 0 spiro atoms. The molecule has 0 atom stereocenters. The number of nitrogens with one attached hydrogen (secondary N) is 2. The van der Waals surface area contributed by atoms with E-state index in [9.17, 15) is 0 Å². The van der Waals surface area contributed by atoms with E-state index in [1.807, 2.05) is 34.5 Å². The van der Waals surface area contributed by atoms with Gasteiger partial charge in [-0.05, 0) is 112 Å². The lowest BCUT2D eigenvalue weighted by Crippen LogP contribution is -1.83. The summed E-state index contributed by atoms with van der Waals surface area (Å²) in [6.45, 7) is 69.2. The molecule has 11 heterocycles. The lowest BCUT2D eigenvalue weighted by Gasteiger charge is -1.92. The van der Waals surface area contributed by atoms with Crippen LogP contribution in [0.1, 0.15) is 233 Å². The lowest BCUT2D eigenvalue weighted by molar-refractivity contribution is 0.416. The van der Waals surface area contributed by atoms with Crippen LogP contribution >= 0.6 is 69.0 Å². The minimum atomic E-state index is 0.522. The molecule has 0 unspecified atom stereocenters. The van der Waals surface area contributed by atoms with Crippen LogP contribution in [0.15, 0.2) is 170 Å². The zero-order valence-corrected chi connectivity index (χ0v) is 71.0. The van der Waals surface area contributed by atoms with Crippen molar-refractivity contribution in [2.24, 2.45) is 59.2 Å². The summed E-state index contributed by atoms with van der Waals surface area (Å²) in [7, 11) is 0. The molecular weight excluding hydrogens is 1350 g/mol. The van der Waals surface area contributed by atoms with Crippen molar-refractivity contribution in [3.05, 3.63) is 163 Å². The van der Waals surface area contributed by atoms with Gasteiger partial charge >= 0.3 is 0 Å². The summed E-state index contributed by atoms with van der Waals surface area (Å²) in [6, 6.07) is 3.74. The molecule has 2 N–H and O–H groups in total. The van der Waals surface area contributed by atoms with Crippen LogP contribution in [0, 0.1) is 59.2 Å². The van der Waals surface area contributed by atoms with Crippen molar-refractivity contribution in [1.29, 1.82) is 0 Å². The van der Waals surface area contributed by atoms with E-state index in [4.69, 9.17) is 0 Å². The highest BCUT2D eigenvalue weighted by Crippen LogP contribution is 2.09. The maximum atomic E-state index is 4.47. The molecule has 98 heavy (non-hydrogen) atoms. The largest absolute Gasteiger partial charge is 0.452 e. The highest BCUT2D eigenvalue weighted by Gasteiger charge is 1.98. The van der Waals surface area contributed by atoms with Crippen molar-refractivity contribution < 1.29 is 13.4 Å². The fourth-order valence-electron chi connectivity index (χ4n) is 2.06. The van der Waals surface area contributed by atoms with Gasteiger partial charge in [-0.15, -0.1) is 48.2 Å². The normalized spacial score (nSPS) is 8.60. The molecule has 0 aliphatic rings. The molecule has 11 rings (SSSR count). The Bertz CT molecular complexity index is 1800. The van der Waals surface area contributed by atoms with Gasteiger partial charge in [-0.25, -0.2) is 24.3 Å². The second-order valence-corrected chi connectivity index (χ2v) is 29.8. The van der Waals surface area contributed by atoms with Gasteiger partial charge in [0.15, 0.2) is 12.7 Å². The van der Waals surface area contributed by atoms with Crippen molar-refractivity contribution in [1.82, 2.24) is 92.7 Å². The summed E-state index contributed by atoms with van der Waals surface area (Å²) >= 11 is 8.53. The number of thiazole rings is 1. The van der Waals surface area contributed by atoms with Crippen LogP contribution in [-0.2, 0) is 0 Å². The van der Waals surface area contributed by atoms with Gasteiger partial charge < -0.3 is 18.3 Å². The number of hydrogen-bond acceptors (Lipinski definition) is 26. The Morgan fingerprint density at radius 1 is 0.367 bits per heavy atom. The number of rotatable bonds is 1. The zero-order chi connectivity index (χ0) is 77.1. The van der Waals surface area contributed by atoms with E-state index >= 15 is 0 Å². The second-order valence-electron chi connectivity index (χ2n) is 25.8. The van der Waals surface area contributed by atoms with E-state index in [1.165, 1.54) is 102 Å². The molecule has 0 saturated heterocycles. The molecule has 11 aromatic rings. The van der Waals surface area contributed by atoms with Crippen molar-refractivity contribution in [3.8, 4) is 0 Å². The van der Waals surface area contributed by atoms with Crippen LogP contribution in [0.3, 0.4) is 0 Å². The maximum absolute atomic E-state index is 4.47. The smallest absolute Gasteiger partial charge is 0.213 e. The first kappa shape index (κ1) is 113. The summed E-state index contributed by atoms with van der Waals surface area (Å²) < 4.78 is 31.9. The van der Waals surface area contributed by atoms with Gasteiger partial charge in [-0.3, -0.25) is 10.1 Å². The third-order valence-corrected chi connectivity index (χ3v) is 7.07. The first-order valence-electron chi connectivity index (χ1n) is 32.7. The number of hydrogen-bond donors (Lipinski definition) is 2. The molecule has 0 radical (unpaired) electrons. The Labute approximate surface area is 620 Å². The Morgan fingerprint density at radius 3 is 1.02 bits per heavy atom. The summed E-state index contributed by atoms with van der Waals surface area (Å²) in [5.74, 6) is 8.86. The molecule has 0 aliphatic carbocycles. The molecule has 11 aromatic heterocycles. The monoisotopic (exact) mass is 1480 g/mol. The number of aromatic amines is 2. The highest BCUT2D eigenvalue weighted by atomic mass is 32.1. The molecule has 0 fully saturated rings. The average Bonchev–Trinajstić information content (AvgIpc) is 2.24. The molecule has 0 saturated carbocycles. The molecule has 564 valence electrons. The van der Waals surface area contributed by atoms with Crippen LogP contribution in [0.4, 0.5) is 0 Å². The Balaban J connectivity index is -0.000000104. The topological polar surface area (TPSA) is 290 Å². The van der Waals surface area contributed by atoms with Gasteiger partial charge in [0, 0.05) is 53.3 Å². The van der Waals surface area contributed by atoms with Crippen LogP contribution in [0.2, 0.25) is 0 Å². The Morgan fingerprint density at radius 2 is 0.898 bits per heavy atom. The highest BCUT2D eigenvalue weighted by molar-refractivity contribution is 7.07. The van der Waals surface area contributed by atoms with Crippen LogP contribution in [-0.4, -0.2) is 92.7 Å². The standard InChI is InChI=1S/C5H8N2S.10C4H10.2C3H4N2.C3H3NO.2C3H3NS.2C2H2N2O.3C2H2N2S/c1-4(2)5-3-6-8-7-5;10*1-4(2)3;1-2-5-3-4-1;1-2-4-5-3-1;2*1-2-5-3-4-1;1-2-4-5-3-1;1-3-4-2-5-1;1-3-2-5-4-1;1-3-4-2-5-1;1-3-2-5-4-1;1-2-5-4-3-1/h3-4H,1-2H3;10*4H,1-3H3;2*1-3H,(H,4,5);3*1-3H;5*1-2H. The van der Waals surface area contributed by atoms with E-state index < -0.39 is 0 Å². The van der Waals surface area contributed by atoms with Crippen molar-refractivity contribution in [2.45, 2.75) is 227 Å². The van der Waals surface area contributed by atoms with Gasteiger partial charge in [-0.1, -0.05) is 231 Å². The fraction of sp³-hybridized carbons (Fsp3) is 0.614. The van der Waals surface area contributed by atoms with Gasteiger partial charge in [0.1, 0.15) is 29.1 Å². The van der Waals surface area contributed by atoms with Gasteiger partial charge in [0.2, 0.25) is 19.2 Å². The first-order valence-corrected chi connectivity index (χ1v) is 37.8. The molecule has 0 aromatic carbocycles. The molecule has 28 heteroatoms. The number of nitrogens with zero attached hydrogens (tertiary/aromatic N) is 17. The van der Waals surface area contributed by atoms with Crippen LogP contribution < -0.4 is 0 Å². The lowest BCUT2D eigenvalue weighted by atomic mass is 10.2. The molecule has 0 bridgehead atoms. The average molecular weight is 1480 g/mol.